The highest BCUT2D eigenvalue weighted by Crippen LogP contribution is 2.30. The van der Waals surface area contributed by atoms with Gasteiger partial charge in [0, 0.05) is 10.7 Å². The molecule has 1 amide bonds. The van der Waals surface area contributed by atoms with Gasteiger partial charge in [-0.2, -0.15) is 0 Å². The zero-order valence-electron chi connectivity index (χ0n) is 13.7. The van der Waals surface area contributed by atoms with Crippen molar-refractivity contribution in [1.82, 2.24) is 0 Å². The molecular formula is C18H20ClNO3. The second-order valence-corrected chi connectivity index (χ2v) is 5.75. The number of hydrogen-bond acceptors (Lipinski definition) is 3. The van der Waals surface area contributed by atoms with Crippen molar-refractivity contribution in [3.05, 3.63) is 52.0 Å². The van der Waals surface area contributed by atoms with Crippen LogP contribution in [-0.2, 0) is 11.2 Å². The van der Waals surface area contributed by atoms with Crippen molar-refractivity contribution in [2.24, 2.45) is 0 Å². The van der Waals surface area contributed by atoms with Crippen LogP contribution >= 0.6 is 11.6 Å². The molecule has 0 bridgehead atoms. The van der Waals surface area contributed by atoms with Crippen LogP contribution in [0.2, 0.25) is 5.02 Å². The molecule has 0 atom stereocenters. The number of rotatable bonds is 5. The first-order chi connectivity index (χ1) is 10.9. The Bertz CT molecular complexity index is 728. The standard InChI is InChI=1S/C18H20ClNO3/c1-11-5-6-14(19)10-15(11)20-18(21)9-13-8-17(23-4)16(22-3)7-12(13)2/h5-8,10H,9H2,1-4H3,(H,20,21). The summed E-state index contributed by atoms with van der Waals surface area (Å²) in [6, 6.07) is 9.12. The predicted molar refractivity (Wildman–Crippen MR) is 92.8 cm³/mol. The van der Waals surface area contributed by atoms with E-state index in [-0.39, 0.29) is 12.3 Å². The van der Waals surface area contributed by atoms with E-state index >= 15 is 0 Å². The zero-order valence-corrected chi connectivity index (χ0v) is 14.5. The number of carbonyl (C=O) groups is 1. The Morgan fingerprint density at radius 3 is 2.35 bits per heavy atom. The second-order valence-electron chi connectivity index (χ2n) is 5.32. The summed E-state index contributed by atoms with van der Waals surface area (Å²) in [7, 11) is 3.16. The minimum atomic E-state index is -0.106. The molecule has 5 heteroatoms. The van der Waals surface area contributed by atoms with Crippen molar-refractivity contribution in [3.63, 3.8) is 0 Å². The molecule has 0 spiro atoms. The highest BCUT2D eigenvalue weighted by Gasteiger charge is 2.12. The zero-order chi connectivity index (χ0) is 17.0. The molecular weight excluding hydrogens is 314 g/mol. The molecule has 0 fully saturated rings. The first kappa shape index (κ1) is 17.2. The maximum atomic E-state index is 12.3. The summed E-state index contributed by atoms with van der Waals surface area (Å²) >= 11 is 5.98. The van der Waals surface area contributed by atoms with E-state index in [9.17, 15) is 4.79 Å². The van der Waals surface area contributed by atoms with Gasteiger partial charge in [0.1, 0.15) is 0 Å². The summed E-state index contributed by atoms with van der Waals surface area (Å²) in [5.74, 6) is 1.16. The maximum Gasteiger partial charge on any atom is 0.228 e. The van der Waals surface area contributed by atoms with Gasteiger partial charge in [0.25, 0.3) is 0 Å². The van der Waals surface area contributed by atoms with Gasteiger partial charge in [0.05, 0.1) is 20.6 Å². The van der Waals surface area contributed by atoms with E-state index in [0.29, 0.717) is 16.5 Å². The number of benzene rings is 2. The van der Waals surface area contributed by atoms with E-state index < -0.39 is 0 Å². The van der Waals surface area contributed by atoms with Crippen LogP contribution in [0.5, 0.6) is 11.5 Å². The third-order valence-corrected chi connectivity index (χ3v) is 3.90. The lowest BCUT2D eigenvalue weighted by molar-refractivity contribution is -0.115. The highest BCUT2D eigenvalue weighted by atomic mass is 35.5. The quantitative estimate of drug-likeness (QED) is 0.894. The fourth-order valence-corrected chi connectivity index (χ4v) is 2.48. The number of anilines is 1. The monoisotopic (exact) mass is 333 g/mol. The van der Waals surface area contributed by atoms with E-state index in [0.717, 1.165) is 22.4 Å². The summed E-state index contributed by atoms with van der Waals surface area (Å²) in [5, 5.41) is 3.49. The largest absolute Gasteiger partial charge is 0.493 e. The summed E-state index contributed by atoms with van der Waals surface area (Å²) in [6.45, 7) is 3.86. The third kappa shape index (κ3) is 4.17. The van der Waals surface area contributed by atoms with Crippen LogP contribution < -0.4 is 14.8 Å². The molecule has 4 nitrogen and oxygen atoms in total. The number of methoxy groups -OCH3 is 2. The van der Waals surface area contributed by atoms with E-state index in [1.54, 1.807) is 26.4 Å². The van der Waals surface area contributed by atoms with Gasteiger partial charge in [-0.3, -0.25) is 4.79 Å². The van der Waals surface area contributed by atoms with Crippen molar-refractivity contribution in [2.75, 3.05) is 19.5 Å². The predicted octanol–water partition coefficient (Wildman–Crippen LogP) is 4.16. The third-order valence-electron chi connectivity index (χ3n) is 3.67. The average molecular weight is 334 g/mol. The molecule has 0 aliphatic rings. The smallest absolute Gasteiger partial charge is 0.228 e. The van der Waals surface area contributed by atoms with E-state index in [1.807, 2.05) is 32.0 Å². The van der Waals surface area contributed by atoms with Gasteiger partial charge in [0.15, 0.2) is 11.5 Å². The number of amides is 1. The molecule has 0 aliphatic carbocycles. The fourth-order valence-electron chi connectivity index (χ4n) is 2.31. The molecule has 1 N–H and O–H groups in total. The summed E-state index contributed by atoms with van der Waals surface area (Å²) < 4.78 is 10.6. The Kier molecular flexibility index (Phi) is 5.50. The van der Waals surface area contributed by atoms with E-state index in [4.69, 9.17) is 21.1 Å². The molecule has 2 rings (SSSR count). The molecule has 122 valence electrons. The normalized spacial score (nSPS) is 10.3. The average Bonchev–Trinajstić information content (AvgIpc) is 2.52. The van der Waals surface area contributed by atoms with Crippen LogP contribution in [0.1, 0.15) is 16.7 Å². The number of halogens is 1. The Morgan fingerprint density at radius 2 is 1.70 bits per heavy atom. The minimum Gasteiger partial charge on any atom is -0.493 e. The van der Waals surface area contributed by atoms with E-state index in [1.165, 1.54) is 0 Å². The molecule has 0 saturated heterocycles. The van der Waals surface area contributed by atoms with Crippen molar-refractivity contribution in [2.45, 2.75) is 20.3 Å². The first-order valence-corrected chi connectivity index (χ1v) is 7.60. The molecule has 0 heterocycles. The van der Waals surface area contributed by atoms with Gasteiger partial charge in [-0.25, -0.2) is 0 Å². The molecule has 0 radical (unpaired) electrons. The van der Waals surface area contributed by atoms with Gasteiger partial charge < -0.3 is 14.8 Å². The van der Waals surface area contributed by atoms with Crippen LogP contribution in [0.3, 0.4) is 0 Å². The summed E-state index contributed by atoms with van der Waals surface area (Å²) in [4.78, 5) is 12.3. The van der Waals surface area contributed by atoms with Crippen LogP contribution in [-0.4, -0.2) is 20.1 Å². The first-order valence-electron chi connectivity index (χ1n) is 7.22. The lowest BCUT2D eigenvalue weighted by Gasteiger charge is -2.13. The molecule has 2 aromatic carbocycles. The number of aryl methyl sites for hydroxylation is 2. The van der Waals surface area contributed by atoms with Crippen LogP contribution in [0.4, 0.5) is 5.69 Å². The Hall–Kier alpha value is -2.20. The molecule has 0 aliphatic heterocycles. The van der Waals surface area contributed by atoms with Crippen molar-refractivity contribution < 1.29 is 14.3 Å². The van der Waals surface area contributed by atoms with Crippen LogP contribution in [0.15, 0.2) is 30.3 Å². The molecule has 23 heavy (non-hydrogen) atoms. The fraction of sp³-hybridized carbons (Fsp3) is 0.278. The highest BCUT2D eigenvalue weighted by molar-refractivity contribution is 6.31. The molecule has 0 saturated carbocycles. The second kappa shape index (κ2) is 7.38. The van der Waals surface area contributed by atoms with Gasteiger partial charge in [-0.15, -0.1) is 0 Å². The van der Waals surface area contributed by atoms with E-state index in [2.05, 4.69) is 5.32 Å². The number of ether oxygens (including phenoxy) is 2. The number of carbonyl (C=O) groups excluding carboxylic acids is 1. The summed E-state index contributed by atoms with van der Waals surface area (Å²) in [6.07, 6.45) is 0.248. The van der Waals surface area contributed by atoms with Gasteiger partial charge in [-0.1, -0.05) is 17.7 Å². The van der Waals surface area contributed by atoms with Crippen LogP contribution in [0, 0.1) is 13.8 Å². The SMILES string of the molecule is COc1cc(C)c(CC(=O)Nc2cc(Cl)ccc2C)cc1OC. The van der Waals surface area contributed by atoms with Crippen molar-refractivity contribution in [3.8, 4) is 11.5 Å². The Labute approximate surface area is 141 Å². The summed E-state index contributed by atoms with van der Waals surface area (Å²) in [5.41, 5.74) is 3.55. The molecule has 0 aromatic heterocycles. The minimum absolute atomic E-state index is 0.106. The van der Waals surface area contributed by atoms with Gasteiger partial charge >= 0.3 is 0 Å². The number of hydrogen-bond donors (Lipinski definition) is 1. The van der Waals surface area contributed by atoms with Crippen molar-refractivity contribution >= 4 is 23.2 Å². The lowest BCUT2D eigenvalue weighted by Crippen LogP contribution is -2.16. The Morgan fingerprint density at radius 1 is 1.04 bits per heavy atom. The Balaban J connectivity index is 2.18. The number of nitrogens with one attached hydrogen (secondary N) is 1. The molecule has 2 aromatic rings. The topological polar surface area (TPSA) is 47.6 Å². The van der Waals surface area contributed by atoms with Crippen molar-refractivity contribution in [1.29, 1.82) is 0 Å². The van der Waals surface area contributed by atoms with Gasteiger partial charge in [-0.05, 0) is 54.8 Å². The van der Waals surface area contributed by atoms with Crippen LogP contribution in [0.25, 0.3) is 0 Å². The lowest BCUT2D eigenvalue weighted by atomic mass is 10.0. The maximum absolute atomic E-state index is 12.3. The molecule has 0 unspecified atom stereocenters. The van der Waals surface area contributed by atoms with Gasteiger partial charge in [0.2, 0.25) is 5.91 Å².